The molecule has 3 aromatic carbocycles. The molecular formula is C37H55N5O4S. The van der Waals surface area contributed by atoms with E-state index >= 15 is 0 Å². The molecule has 1 heterocycles. The Bertz CT molecular complexity index is 1610. The van der Waals surface area contributed by atoms with Crippen LogP contribution in [0, 0.1) is 13.8 Å². The van der Waals surface area contributed by atoms with Crippen LogP contribution in [-0.2, 0) is 26.1 Å². The number of anilines is 3. The second kappa shape index (κ2) is 17.0. The summed E-state index contributed by atoms with van der Waals surface area (Å²) in [5.74, 6) is 5.41. The number of hydrogen-bond acceptors (Lipinski definition) is 8. The normalized spacial score (nSPS) is 15.5. The van der Waals surface area contributed by atoms with E-state index in [1.54, 1.807) is 23.5 Å². The van der Waals surface area contributed by atoms with Gasteiger partial charge in [-0.05, 0) is 72.7 Å². The van der Waals surface area contributed by atoms with Crippen LogP contribution in [-0.4, -0.2) is 52.0 Å². The number of rotatable bonds is 12. The summed E-state index contributed by atoms with van der Waals surface area (Å²) in [7, 11) is -0.0830. The number of sulfonamides is 1. The van der Waals surface area contributed by atoms with E-state index in [1.165, 1.54) is 5.01 Å². The fourth-order valence-electron chi connectivity index (χ4n) is 6.07. The van der Waals surface area contributed by atoms with E-state index in [1.807, 2.05) is 89.0 Å². The Morgan fingerprint density at radius 2 is 1.74 bits per heavy atom. The zero-order valence-electron chi connectivity index (χ0n) is 29.5. The monoisotopic (exact) mass is 665 g/mol. The molecule has 258 valence electrons. The minimum Gasteiger partial charge on any atom is -0.462 e. The Morgan fingerprint density at radius 3 is 2.40 bits per heavy atom. The van der Waals surface area contributed by atoms with Crippen LogP contribution < -0.4 is 21.5 Å². The number of nitrogens with zero attached hydrogens (tertiary/aromatic N) is 3. The summed E-state index contributed by atoms with van der Waals surface area (Å²) in [6.45, 7) is 13.2. The number of hydrazine groups is 1. The fraction of sp³-hybridized carbons (Fsp3) is 0.486. The Labute approximate surface area is 282 Å². The van der Waals surface area contributed by atoms with Crippen molar-refractivity contribution in [3.63, 3.8) is 0 Å². The van der Waals surface area contributed by atoms with Crippen LogP contribution in [0.5, 0.6) is 0 Å². The molecule has 0 saturated heterocycles. The highest BCUT2D eigenvalue weighted by atomic mass is 32.2. The first-order chi connectivity index (χ1) is 22.4. The molecule has 2 atom stereocenters. The van der Waals surface area contributed by atoms with Crippen molar-refractivity contribution in [3.05, 3.63) is 82.4 Å². The number of aryl methyl sites for hydroxylation is 1. The van der Waals surface area contributed by atoms with Crippen molar-refractivity contribution in [2.75, 3.05) is 42.8 Å². The van der Waals surface area contributed by atoms with E-state index in [0.717, 1.165) is 53.5 Å². The van der Waals surface area contributed by atoms with Gasteiger partial charge in [-0.2, -0.15) is 4.31 Å². The predicted molar refractivity (Wildman–Crippen MR) is 194 cm³/mol. The molecule has 0 saturated carbocycles. The summed E-state index contributed by atoms with van der Waals surface area (Å²) in [6, 6.07) is 17.0. The van der Waals surface area contributed by atoms with Crippen molar-refractivity contribution in [1.29, 1.82) is 0 Å². The highest BCUT2D eigenvalue weighted by Crippen LogP contribution is 2.38. The molecule has 9 nitrogen and oxygen atoms in total. The predicted octanol–water partition coefficient (Wildman–Crippen LogP) is 6.90. The number of benzene rings is 3. The molecule has 1 aliphatic rings. The molecule has 3 aromatic rings. The number of ether oxygens (including phenoxy) is 1. The van der Waals surface area contributed by atoms with Gasteiger partial charge in [0.2, 0.25) is 10.0 Å². The second-order valence-corrected chi connectivity index (χ2v) is 14.1. The molecule has 0 aliphatic carbocycles. The molecular weight excluding hydrogens is 611 g/mol. The molecule has 0 spiro atoms. The first-order valence-electron chi connectivity index (χ1n) is 16.9. The van der Waals surface area contributed by atoms with Gasteiger partial charge in [0.25, 0.3) is 0 Å². The van der Waals surface area contributed by atoms with Gasteiger partial charge in [0.1, 0.15) is 11.0 Å². The lowest BCUT2D eigenvalue weighted by Crippen LogP contribution is -2.33. The lowest BCUT2D eigenvalue weighted by Gasteiger charge is -2.26. The molecule has 4 rings (SSSR count). The topological polar surface area (TPSA) is 122 Å². The Hall–Kier alpha value is -3.60. The van der Waals surface area contributed by atoms with Crippen molar-refractivity contribution in [2.24, 2.45) is 5.84 Å². The molecule has 0 bridgehead atoms. The number of hydrogen-bond donors (Lipinski definition) is 2. The number of carbonyl (C=O) groups excluding carboxylic acids is 1. The number of fused-ring (bicyclic) bond motifs is 1. The summed E-state index contributed by atoms with van der Waals surface area (Å²) >= 11 is 0. The highest BCUT2D eigenvalue weighted by molar-refractivity contribution is 7.89. The molecule has 0 radical (unpaired) electrons. The number of carbonyl (C=O) groups is 1. The van der Waals surface area contributed by atoms with E-state index in [9.17, 15) is 13.2 Å². The Morgan fingerprint density at radius 1 is 1.04 bits per heavy atom. The number of para-hydroxylation sites is 1. The molecule has 0 amide bonds. The summed E-state index contributed by atoms with van der Waals surface area (Å²) in [6.07, 6.45) is 3.64. The molecule has 10 heteroatoms. The average molecular weight is 666 g/mol. The lowest BCUT2D eigenvalue weighted by atomic mass is 9.84. The Kier molecular flexibility index (Phi) is 13.7. The number of nitrogen functional groups attached to an aromatic ring is 1. The zero-order valence-corrected chi connectivity index (χ0v) is 30.4. The van der Waals surface area contributed by atoms with E-state index in [-0.39, 0.29) is 31.0 Å². The number of nitrogens with two attached hydrogens (primary N) is 2. The molecule has 0 fully saturated rings. The maximum Gasteiger partial charge on any atom is 0.307 e. The van der Waals surface area contributed by atoms with Crippen LogP contribution in [0.1, 0.15) is 93.5 Å². The SMILES string of the molecule is CC.CCCCC(CC)OC(=O)CC(c1ccc(C)c(CN2CCN(C)c3ccccc3S2(=O)=O)c1)c1ccc(N(C)N)c(N)c1C. The second-order valence-electron chi connectivity index (χ2n) is 12.2. The quantitative estimate of drug-likeness (QED) is 0.0928. The van der Waals surface area contributed by atoms with Crippen LogP contribution in [0.2, 0.25) is 0 Å². The molecule has 1 aliphatic heterocycles. The minimum atomic E-state index is -3.74. The number of likely N-dealkylation sites (N-methyl/N-ethyl adjacent to an activating group) is 1. The Balaban J connectivity index is 0.00000294. The van der Waals surface area contributed by atoms with Crippen molar-refractivity contribution in [2.45, 2.75) is 97.1 Å². The summed E-state index contributed by atoms with van der Waals surface area (Å²) < 4.78 is 35.2. The zero-order chi connectivity index (χ0) is 34.9. The number of esters is 1. The van der Waals surface area contributed by atoms with Gasteiger partial charge in [0, 0.05) is 39.6 Å². The largest absolute Gasteiger partial charge is 0.462 e. The summed E-state index contributed by atoms with van der Waals surface area (Å²) in [5, 5.41) is 1.48. The van der Waals surface area contributed by atoms with E-state index in [4.69, 9.17) is 16.3 Å². The maximum absolute atomic E-state index is 13.9. The minimum absolute atomic E-state index is 0.125. The van der Waals surface area contributed by atoms with Crippen LogP contribution in [0.3, 0.4) is 0 Å². The average Bonchev–Trinajstić information content (AvgIpc) is 3.15. The first kappa shape index (κ1) is 37.9. The molecule has 4 N–H and O–H groups in total. The summed E-state index contributed by atoms with van der Waals surface area (Å²) in [5.41, 5.74) is 13.0. The third kappa shape index (κ3) is 8.86. The van der Waals surface area contributed by atoms with Gasteiger partial charge in [-0.25, -0.2) is 14.3 Å². The van der Waals surface area contributed by atoms with Gasteiger partial charge in [0.15, 0.2) is 0 Å². The maximum atomic E-state index is 13.9. The van der Waals surface area contributed by atoms with E-state index in [2.05, 4.69) is 6.92 Å². The molecule has 47 heavy (non-hydrogen) atoms. The van der Waals surface area contributed by atoms with Crippen molar-refractivity contribution in [1.82, 2.24) is 4.31 Å². The smallest absolute Gasteiger partial charge is 0.307 e. The van der Waals surface area contributed by atoms with Crippen LogP contribution >= 0.6 is 0 Å². The van der Waals surface area contributed by atoms with Crippen LogP contribution in [0.4, 0.5) is 17.1 Å². The van der Waals surface area contributed by atoms with Gasteiger partial charge in [-0.3, -0.25) is 4.79 Å². The lowest BCUT2D eigenvalue weighted by molar-refractivity contribution is -0.149. The standard InChI is InChI=1S/C35H49N5O4S.C2H6/c1-7-9-12-28(8-2)44-34(41)22-30(29-17-18-32(39(6)37)35(36)25(29)4)26-16-15-24(3)27(21-26)23-40-20-19-38(5)31-13-10-11-14-33(31)45(40,42)43;1-2/h10-11,13-18,21,28,30H,7-9,12,19-20,22-23,36-37H2,1-6H3;1-2H3. The van der Waals surface area contributed by atoms with E-state index < -0.39 is 10.0 Å². The van der Waals surface area contributed by atoms with Gasteiger partial charge in [0.05, 0.1) is 23.5 Å². The van der Waals surface area contributed by atoms with Crippen molar-refractivity contribution >= 4 is 33.1 Å². The van der Waals surface area contributed by atoms with Gasteiger partial charge >= 0.3 is 5.97 Å². The van der Waals surface area contributed by atoms with E-state index in [0.29, 0.717) is 35.0 Å². The van der Waals surface area contributed by atoms with Gasteiger partial charge in [-0.1, -0.05) is 76.9 Å². The number of unbranched alkanes of at least 4 members (excludes halogenated alkanes) is 1. The molecule has 0 aromatic heterocycles. The van der Waals surface area contributed by atoms with Crippen molar-refractivity contribution in [3.8, 4) is 0 Å². The summed E-state index contributed by atoms with van der Waals surface area (Å²) in [4.78, 5) is 15.8. The first-order valence-corrected chi connectivity index (χ1v) is 18.3. The third-order valence-corrected chi connectivity index (χ3v) is 10.9. The molecule has 2 unspecified atom stereocenters. The fourth-order valence-corrected chi connectivity index (χ4v) is 7.71. The highest BCUT2D eigenvalue weighted by Gasteiger charge is 2.32. The van der Waals surface area contributed by atoms with Crippen LogP contribution in [0.15, 0.2) is 59.5 Å². The van der Waals surface area contributed by atoms with Gasteiger partial charge < -0.3 is 20.4 Å². The third-order valence-electron chi connectivity index (χ3n) is 8.99. The van der Waals surface area contributed by atoms with Crippen molar-refractivity contribution < 1.29 is 17.9 Å². The van der Waals surface area contributed by atoms with Gasteiger partial charge in [-0.15, -0.1) is 0 Å². The van der Waals surface area contributed by atoms with Crippen LogP contribution in [0.25, 0.3) is 0 Å².